The number of aromatic amines is 1. The fourth-order valence-electron chi connectivity index (χ4n) is 4.05. The Labute approximate surface area is 185 Å². The highest BCUT2D eigenvalue weighted by atomic mass is 16.5. The number of aromatic nitrogens is 2. The van der Waals surface area contributed by atoms with Crippen LogP contribution >= 0.6 is 0 Å². The van der Waals surface area contributed by atoms with Crippen LogP contribution in [0.3, 0.4) is 0 Å². The summed E-state index contributed by atoms with van der Waals surface area (Å²) in [6, 6.07) is 18.7. The molecule has 166 valence electrons. The summed E-state index contributed by atoms with van der Waals surface area (Å²) in [5.74, 6) is -0.387. The standard InChI is InChI=1S/C25H26N2O5/c1-17-13-27(25(30)26-24(17)29)21-12-20(16-31-14-18-8-4-2-5-9-18)23(22(21)28)32-15-19-10-6-3-7-11-19/h2-11,13,20-21,23H,12,14-16H2,1H3,(H,26,29,30). The Balaban J connectivity index is 1.52. The highest BCUT2D eigenvalue weighted by Gasteiger charge is 2.44. The van der Waals surface area contributed by atoms with Crippen LogP contribution in [-0.4, -0.2) is 28.0 Å². The molecule has 1 saturated carbocycles. The number of carbonyl (C=O) groups is 1. The zero-order chi connectivity index (χ0) is 22.5. The molecule has 3 aromatic rings. The van der Waals surface area contributed by atoms with Gasteiger partial charge in [0.2, 0.25) is 0 Å². The van der Waals surface area contributed by atoms with Gasteiger partial charge in [-0.1, -0.05) is 60.7 Å². The maximum absolute atomic E-state index is 13.3. The lowest BCUT2D eigenvalue weighted by Gasteiger charge is -2.19. The van der Waals surface area contributed by atoms with E-state index in [1.54, 1.807) is 6.92 Å². The molecule has 7 heteroatoms. The van der Waals surface area contributed by atoms with Crippen molar-refractivity contribution < 1.29 is 14.3 Å². The number of hydrogen-bond donors (Lipinski definition) is 1. The van der Waals surface area contributed by atoms with Gasteiger partial charge in [-0.2, -0.15) is 0 Å². The van der Waals surface area contributed by atoms with Crippen LogP contribution in [0.15, 0.2) is 76.4 Å². The maximum atomic E-state index is 13.3. The molecule has 0 aliphatic heterocycles. The number of nitrogens with zero attached hydrogens (tertiary/aromatic N) is 1. The van der Waals surface area contributed by atoms with Crippen LogP contribution < -0.4 is 11.2 Å². The number of ether oxygens (including phenoxy) is 2. The molecule has 0 amide bonds. The fourth-order valence-corrected chi connectivity index (χ4v) is 4.05. The minimum Gasteiger partial charge on any atom is -0.376 e. The first-order valence-electron chi connectivity index (χ1n) is 10.7. The van der Waals surface area contributed by atoms with Crippen molar-refractivity contribution in [1.82, 2.24) is 9.55 Å². The largest absolute Gasteiger partial charge is 0.376 e. The first kappa shape index (κ1) is 21.9. The summed E-state index contributed by atoms with van der Waals surface area (Å²) in [5.41, 5.74) is 1.35. The molecule has 0 saturated heterocycles. The van der Waals surface area contributed by atoms with Gasteiger partial charge in [-0.3, -0.25) is 19.1 Å². The van der Waals surface area contributed by atoms with Gasteiger partial charge in [-0.25, -0.2) is 4.79 Å². The smallest absolute Gasteiger partial charge is 0.329 e. The molecule has 7 nitrogen and oxygen atoms in total. The first-order valence-corrected chi connectivity index (χ1v) is 10.7. The zero-order valence-corrected chi connectivity index (χ0v) is 17.9. The lowest BCUT2D eigenvalue weighted by Crippen LogP contribution is -2.36. The molecule has 2 aromatic carbocycles. The van der Waals surface area contributed by atoms with Gasteiger partial charge in [0.25, 0.3) is 5.56 Å². The van der Waals surface area contributed by atoms with Crippen LogP contribution in [0.5, 0.6) is 0 Å². The number of aryl methyl sites for hydroxylation is 1. The second-order valence-electron chi connectivity index (χ2n) is 8.11. The van der Waals surface area contributed by atoms with Crippen molar-refractivity contribution in [3.05, 3.63) is 104 Å². The van der Waals surface area contributed by atoms with E-state index in [9.17, 15) is 14.4 Å². The van der Waals surface area contributed by atoms with E-state index in [-0.39, 0.29) is 11.7 Å². The van der Waals surface area contributed by atoms with E-state index in [1.165, 1.54) is 10.8 Å². The maximum Gasteiger partial charge on any atom is 0.329 e. The molecule has 1 aliphatic rings. The first-order chi connectivity index (χ1) is 15.5. The number of H-pyrrole nitrogens is 1. The molecule has 0 spiro atoms. The average Bonchev–Trinajstić information content (AvgIpc) is 3.11. The van der Waals surface area contributed by atoms with E-state index in [1.807, 2.05) is 60.7 Å². The van der Waals surface area contributed by atoms with Crippen molar-refractivity contribution in [1.29, 1.82) is 0 Å². The van der Waals surface area contributed by atoms with Gasteiger partial charge in [-0.05, 0) is 24.5 Å². The third-order valence-electron chi connectivity index (χ3n) is 5.76. The van der Waals surface area contributed by atoms with Crippen LogP contribution in [0, 0.1) is 12.8 Å². The van der Waals surface area contributed by atoms with Crippen LogP contribution in [0.25, 0.3) is 0 Å². The van der Waals surface area contributed by atoms with Crippen molar-refractivity contribution in [2.45, 2.75) is 38.7 Å². The minimum absolute atomic E-state index is 0.178. The second-order valence-corrected chi connectivity index (χ2v) is 8.11. The van der Waals surface area contributed by atoms with E-state index < -0.39 is 23.4 Å². The van der Waals surface area contributed by atoms with Gasteiger partial charge in [0.15, 0.2) is 5.78 Å². The van der Waals surface area contributed by atoms with Gasteiger partial charge in [0.05, 0.1) is 25.9 Å². The van der Waals surface area contributed by atoms with Gasteiger partial charge in [0, 0.05) is 17.7 Å². The molecule has 3 atom stereocenters. The summed E-state index contributed by atoms with van der Waals surface area (Å²) in [7, 11) is 0. The molecule has 1 N–H and O–H groups in total. The Kier molecular flexibility index (Phi) is 6.78. The Morgan fingerprint density at radius 1 is 0.938 bits per heavy atom. The number of carbonyl (C=O) groups excluding carboxylic acids is 1. The molecule has 0 bridgehead atoms. The molecule has 4 rings (SSSR count). The van der Waals surface area contributed by atoms with Crippen LogP contribution in [0.2, 0.25) is 0 Å². The lowest BCUT2D eigenvalue weighted by molar-refractivity contribution is -0.133. The van der Waals surface area contributed by atoms with E-state index in [2.05, 4.69) is 4.98 Å². The molecule has 1 heterocycles. The van der Waals surface area contributed by atoms with Crippen molar-refractivity contribution in [3.63, 3.8) is 0 Å². The fraction of sp³-hybridized carbons (Fsp3) is 0.320. The number of hydrogen-bond acceptors (Lipinski definition) is 5. The summed E-state index contributed by atoms with van der Waals surface area (Å²) in [6.45, 7) is 2.66. The minimum atomic E-state index is -0.704. The quantitative estimate of drug-likeness (QED) is 0.589. The summed E-state index contributed by atoms with van der Waals surface area (Å²) < 4.78 is 13.3. The molecule has 3 unspecified atom stereocenters. The Morgan fingerprint density at radius 3 is 2.22 bits per heavy atom. The lowest BCUT2D eigenvalue weighted by atomic mass is 10.1. The zero-order valence-electron chi connectivity index (χ0n) is 17.9. The van der Waals surface area contributed by atoms with Gasteiger partial charge in [0.1, 0.15) is 6.10 Å². The normalized spacial score (nSPS) is 20.5. The van der Waals surface area contributed by atoms with E-state index in [0.717, 1.165) is 11.1 Å². The Bertz CT molecular complexity index is 1170. The van der Waals surface area contributed by atoms with E-state index in [0.29, 0.717) is 31.8 Å². The number of ketones is 1. The third kappa shape index (κ3) is 4.95. The van der Waals surface area contributed by atoms with Crippen LogP contribution in [0.4, 0.5) is 0 Å². The van der Waals surface area contributed by atoms with Gasteiger partial charge < -0.3 is 9.47 Å². The SMILES string of the molecule is Cc1cn(C2CC(COCc3ccccc3)C(OCc3ccccc3)C2=O)c(=O)[nH]c1=O. The summed E-state index contributed by atoms with van der Waals surface area (Å²) in [5, 5.41) is 0. The second kappa shape index (κ2) is 9.89. The topological polar surface area (TPSA) is 90.4 Å². The highest BCUT2D eigenvalue weighted by molar-refractivity contribution is 5.89. The molecule has 1 aromatic heterocycles. The average molecular weight is 434 g/mol. The van der Waals surface area contributed by atoms with Crippen molar-refractivity contribution >= 4 is 5.78 Å². The summed E-state index contributed by atoms with van der Waals surface area (Å²) in [6.07, 6.45) is 1.15. The third-order valence-corrected chi connectivity index (χ3v) is 5.76. The highest BCUT2D eigenvalue weighted by Crippen LogP contribution is 2.34. The Morgan fingerprint density at radius 2 is 1.56 bits per heavy atom. The van der Waals surface area contributed by atoms with Crippen LogP contribution in [0.1, 0.15) is 29.2 Å². The molecular weight excluding hydrogens is 408 g/mol. The monoisotopic (exact) mass is 434 g/mol. The number of rotatable bonds is 8. The molecule has 1 fully saturated rings. The van der Waals surface area contributed by atoms with Gasteiger partial charge >= 0.3 is 5.69 Å². The molecule has 32 heavy (non-hydrogen) atoms. The molecule has 1 aliphatic carbocycles. The van der Waals surface area contributed by atoms with Crippen LogP contribution in [-0.2, 0) is 27.5 Å². The van der Waals surface area contributed by atoms with Crippen molar-refractivity contribution in [2.24, 2.45) is 5.92 Å². The molecule has 0 radical (unpaired) electrons. The summed E-state index contributed by atoms with van der Waals surface area (Å²) in [4.78, 5) is 39.7. The molecular formula is C25H26N2O5. The predicted octanol–water partition coefficient (Wildman–Crippen LogP) is 2.78. The van der Waals surface area contributed by atoms with Crippen molar-refractivity contribution in [2.75, 3.05) is 6.61 Å². The number of nitrogens with one attached hydrogen (secondary N) is 1. The summed E-state index contributed by atoms with van der Waals surface area (Å²) >= 11 is 0. The number of benzene rings is 2. The van der Waals surface area contributed by atoms with Gasteiger partial charge in [-0.15, -0.1) is 0 Å². The Hall–Kier alpha value is -3.29. The van der Waals surface area contributed by atoms with E-state index >= 15 is 0 Å². The van der Waals surface area contributed by atoms with Crippen molar-refractivity contribution in [3.8, 4) is 0 Å². The number of Topliss-reactive ketones (excluding diaryl/α,β-unsaturated/α-hetero) is 1. The predicted molar refractivity (Wildman–Crippen MR) is 119 cm³/mol. The van der Waals surface area contributed by atoms with E-state index in [4.69, 9.17) is 9.47 Å².